The highest BCUT2D eigenvalue weighted by molar-refractivity contribution is 5.77. The van der Waals surface area contributed by atoms with E-state index in [1.807, 2.05) is 4.90 Å². The number of halogens is 2. The molecule has 0 fully saturated rings. The molecule has 2 aromatic rings. The number of benzene rings is 1. The lowest BCUT2D eigenvalue weighted by Gasteiger charge is -2.26. The van der Waals surface area contributed by atoms with E-state index in [9.17, 15) is 13.6 Å². The van der Waals surface area contributed by atoms with Crippen LogP contribution in [-0.4, -0.2) is 52.9 Å². The van der Waals surface area contributed by atoms with Crippen molar-refractivity contribution < 1.29 is 13.6 Å². The smallest absolute Gasteiger partial charge is 0.236 e. The van der Waals surface area contributed by atoms with Gasteiger partial charge in [0, 0.05) is 39.7 Å². The standard InChI is InChI=1S/C16H18F2N4O/c1-21(2)15(23)9-22-6-5-13-14(8-22)20-16(19-13)11-4-3-10(17)7-12(11)18/h3-4,7H,5-6,8-9H2,1-2H3,(H,19,20). The van der Waals surface area contributed by atoms with Crippen LogP contribution in [0.3, 0.4) is 0 Å². The van der Waals surface area contributed by atoms with E-state index in [1.54, 1.807) is 19.0 Å². The Morgan fingerprint density at radius 2 is 2.17 bits per heavy atom. The van der Waals surface area contributed by atoms with Crippen LogP contribution in [0.5, 0.6) is 0 Å². The molecule has 1 amide bonds. The van der Waals surface area contributed by atoms with Gasteiger partial charge in [-0.1, -0.05) is 0 Å². The van der Waals surface area contributed by atoms with Gasteiger partial charge >= 0.3 is 0 Å². The molecule has 1 aromatic heterocycles. The molecule has 1 aliphatic rings. The normalized spacial score (nSPS) is 14.6. The van der Waals surface area contributed by atoms with Crippen LogP contribution < -0.4 is 0 Å². The number of carbonyl (C=O) groups is 1. The van der Waals surface area contributed by atoms with E-state index in [-0.39, 0.29) is 11.5 Å². The maximum atomic E-state index is 13.9. The number of hydrogen-bond acceptors (Lipinski definition) is 3. The summed E-state index contributed by atoms with van der Waals surface area (Å²) in [5.74, 6) is -0.822. The zero-order valence-corrected chi connectivity index (χ0v) is 13.1. The minimum Gasteiger partial charge on any atom is -0.348 e. The zero-order chi connectivity index (χ0) is 16.6. The van der Waals surface area contributed by atoms with Gasteiger partial charge in [0.2, 0.25) is 5.91 Å². The highest BCUT2D eigenvalue weighted by Crippen LogP contribution is 2.25. The van der Waals surface area contributed by atoms with Crippen molar-refractivity contribution in [2.45, 2.75) is 13.0 Å². The molecule has 1 aromatic carbocycles. The van der Waals surface area contributed by atoms with E-state index in [4.69, 9.17) is 0 Å². The first-order chi connectivity index (χ1) is 10.9. The Kier molecular flexibility index (Phi) is 4.12. The number of amides is 1. The fourth-order valence-corrected chi connectivity index (χ4v) is 2.63. The van der Waals surface area contributed by atoms with Gasteiger partial charge in [-0.25, -0.2) is 13.8 Å². The molecule has 0 unspecified atom stereocenters. The number of aromatic nitrogens is 2. The van der Waals surface area contributed by atoms with Gasteiger partial charge in [0.25, 0.3) is 0 Å². The van der Waals surface area contributed by atoms with Gasteiger partial charge in [-0.2, -0.15) is 0 Å². The number of nitrogens with one attached hydrogen (secondary N) is 1. The van der Waals surface area contributed by atoms with Crippen molar-refractivity contribution in [2.24, 2.45) is 0 Å². The first-order valence-electron chi connectivity index (χ1n) is 7.39. The molecule has 23 heavy (non-hydrogen) atoms. The Labute approximate surface area is 132 Å². The van der Waals surface area contributed by atoms with Gasteiger partial charge in [-0.3, -0.25) is 9.69 Å². The minimum atomic E-state index is -0.643. The second-order valence-electron chi connectivity index (χ2n) is 5.88. The molecule has 0 saturated carbocycles. The third-order valence-electron chi connectivity index (χ3n) is 3.95. The molecular weight excluding hydrogens is 302 g/mol. The molecule has 0 spiro atoms. The Morgan fingerprint density at radius 3 is 2.87 bits per heavy atom. The number of hydrogen-bond donors (Lipinski definition) is 1. The quantitative estimate of drug-likeness (QED) is 0.938. The van der Waals surface area contributed by atoms with Crippen molar-refractivity contribution >= 4 is 5.91 Å². The zero-order valence-electron chi connectivity index (χ0n) is 13.1. The average Bonchev–Trinajstić information content (AvgIpc) is 2.89. The monoisotopic (exact) mass is 320 g/mol. The van der Waals surface area contributed by atoms with E-state index in [1.165, 1.54) is 12.1 Å². The molecule has 2 heterocycles. The lowest BCUT2D eigenvalue weighted by Crippen LogP contribution is -2.39. The number of H-pyrrole nitrogens is 1. The van der Waals surface area contributed by atoms with Crippen molar-refractivity contribution in [1.29, 1.82) is 0 Å². The van der Waals surface area contributed by atoms with E-state index in [2.05, 4.69) is 9.97 Å². The van der Waals surface area contributed by atoms with Crippen LogP contribution in [0.4, 0.5) is 8.78 Å². The fraction of sp³-hybridized carbons (Fsp3) is 0.375. The van der Waals surface area contributed by atoms with Crippen molar-refractivity contribution in [3.8, 4) is 11.4 Å². The summed E-state index contributed by atoms with van der Waals surface area (Å²) in [6.07, 6.45) is 0.690. The summed E-state index contributed by atoms with van der Waals surface area (Å²) in [5.41, 5.74) is 2.00. The Hall–Kier alpha value is -2.28. The number of carbonyl (C=O) groups excluding carboxylic acids is 1. The van der Waals surface area contributed by atoms with Crippen LogP contribution in [0, 0.1) is 11.6 Å². The Balaban J connectivity index is 1.80. The SMILES string of the molecule is CN(C)C(=O)CN1CCc2nc(-c3ccc(F)cc3F)[nH]c2C1. The molecule has 0 saturated heterocycles. The number of fused-ring (bicyclic) bond motifs is 1. The maximum absolute atomic E-state index is 13.9. The lowest BCUT2D eigenvalue weighted by atomic mass is 10.1. The van der Waals surface area contributed by atoms with Gasteiger partial charge in [0.05, 0.1) is 23.5 Å². The summed E-state index contributed by atoms with van der Waals surface area (Å²) < 4.78 is 26.9. The van der Waals surface area contributed by atoms with Gasteiger partial charge in [0.1, 0.15) is 17.5 Å². The fourth-order valence-electron chi connectivity index (χ4n) is 2.63. The highest BCUT2D eigenvalue weighted by Gasteiger charge is 2.23. The van der Waals surface area contributed by atoms with E-state index < -0.39 is 11.6 Å². The maximum Gasteiger partial charge on any atom is 0.236 e. The third-order valence-corrected chi connectivity index (χ3v) is 3.95. The minimum absolute atomic E-state index is 0.0396. The molecule has 7 heteroatoms. The average molecular weight is 320 g/mol. The summed E-state index contributed by atoms with van der Waals surface area (Å²) in [7, 11) is 3.45. The van der Waals surface area contributed by atoms with Crippen LogP contribution in [0.25, 0.3) is 11.4 Å². The van der Waals surface area contributed by atoms with E-state index in [0.29, 0.717) is 25.3 Å². The van der Waals surface area contributed by atoms with Gasteiger partial charge < -0.3 is 9.88 Å². The number of nitrogens with zero attached hydrogens (tertiary/aromatic N) is 3. The first-order valence-corrected chi connectivity index (χ1v) is 7.39. The number of likely N-dealkylation sites (N-methyl/N-ethyl adjacent to an activating group) is 1. The number of rotatable bonds is 3. The predicted octanol–water partition coefficient (Wildman–Crippen LogP) is 1.80. The van der Waals surface area contributed by atoms with Crippen LogP contribution in [0.15, 0.2) is 18.2 Å². The van der Waals surface area contributed by atoms with Crippen molar-refractivity contribution in [1.82, 2.24) is 19.8 Å². The van der Waals surface area contributed by atoms with Gasteiger partial charge in [-0.05, 0) is 12.1 Å². The molecule has 0 radical (unpaired) electrons. The second kappa shape index (κ2) is 6.08. The van der Waals surface area contributed by atoms with Gasteiger partial charge in [0.15, 0.2) is 0 Å². The predicted molar refractivity (Wildman–Crippen MR) is 81.6 cm³/mol. The summed E-state index contributed by atoms with van der Waals surface area (Å²) in [4.78, 5) is 22.9. The molecule has 3 rings (SSSR count). The second-order valence-corrected chi connectivity index (χ2v) is 5.88. The van der Waals surface area contributed by atoms with E-state index in [0.717, 1.165) is 24.0 Å². The molecule has 1 N–H and O–H groups in total. The molecule has 1 aliphatic heterocycles. The lowest BCUT2D eigenvalue weighted by molar-refractivity contribution is -0.130. The highest BCUT2D eigenvalue weighted by atomic mass is 19.1. The molecule has 122 valence electrons. The van der Waals surface area contributed by atoms with Crippen molar-refractivity contribution in [3.63, 3.8) is 0 Å². The topological polar surface area (TPSA) is 52.2 Å². The van der Waals surface area contributed by atoms with Gasteiger partial charge in [-0.15, -0.1) is 0 Å². The molecule has 0 bridgehead atoms. The Bertz CT molecular complexity index is 742. The Morgan fingerprint density at radius 1 is 1.39 bits per heavy atom. The molecule has 0 atom stereocenters. The molecule has 0 aliphatic carbocycles. The summed E-state index contributed by atoms with van der Waals surface area (Å²) in [5, 5.41) is 0. The summed E-state index contributed by atoms with van der Waals surface area (Å²) in [6, 6.07) is 3.43. The number of imidazole rings is 1. The van der Waals surface area contributed by atoms with E-state index >= 15 is 0 Å². The van der Waals surface area contributed by atoms with Crippen LogP contribution in [-0.2, 0) is 17.8 Å². The first kappa shape index (κ1) is 15.6. The number of aromatic amines is 1. The summed E-state index contributed by atoms with van der Waals surface area (Å²) in [6.45, 7) is 1.62. The van der Waals surface area contributed by atoms with Crippen molar-refractivity contribution in [2.75, 3.05) is 27.2 Å². The summed E-state index contributed by atoms with van der Waals surface area (Å²) >= 11 is 0. The molecular formula is C16H18F2N4O. The van der Waals surface area contributed by atoms with Crippen LogP contribution in [0.2, 0.25) is 0 Å². The van der Waals surface area contributed by atoms with Crippen LogP contribution >= 0.6 is 0 Å². The van der Waals surface area contributed by atoms with Crippen molar-refractivity contribution in [3.05, 3.63) is 41.2 Å². The van der Waals surface area contributed by atoms with Crippen LogP contribution in [0.1, 0.15) is 11.4 Å². The third kappa shape index (κ3) is 3.24. The molecule has 5 nitrogen and oxygen atoms in total. The largest absolute Gasteiger partial charge is 0.348 e.